The third kappa shape index (κ3) is 3.40. The fraction of sp³-hybridized carbons (Fsp3) is 0.294. The van der Waals surface area contributed by atoms with E-state index in [0.29, 0.717) is 17.1 Å². The lowest BCUT2D eigenvalue weighted by Gasteiger charge is -2.11. The Morgan fingerprint density at radius 2 is 1.95 bits per heavy atom. The molecule has 0 unspecified atom stereocenters. The number of carbonyl (C=O) groups is 1. The molecule has 0 N–H and O–H groups in total. The zero-order valence-electron chi connectivity index (χ0n) is 12.6. The third-order valence-corrected chi connectivity index (χ3v) is 3.34. The Morgan fingerprint density at radius 3 is 2.52 bits per heavy atom. The molecule has 1 aromatic heterocycles. The Bertz CT molecular complexity index is 620. The number of ether oxygens (including phenoxy) is 2. The van der Waals surface area contributed by atoms with Crippen LogP contribution < -0.4 is 9.47 Å². The lowest BCUT2D eigenvalue weighted by atomic mass is 10.0. The van der Waals surface area contributed by atoms with Crippen molar-refractivity contribution in [1.82, 2.24) is 4.98 Å². The summed E-state index contributed by atoms with van der Waals surface area (Å²) in [7, 11) is 3.08. The summed E-state index contributed by atoms with van der Waals surface area (Å²) in [5, 5.41) is 0. The summed E-state index contributed by atoms with van der Waals surface area (Å²) in [6.45, 7) is 2.07. The molecule has 0 atom stereocenters. The number of ketones is 1. The van der Waals surface area contributed by atoms with Crippen LogP contribution in [0.15, 0.2) is 36.5 Å². The van der Waals surface area contributed by atoms with Crippen molar-refractivity contribution >= 4 is 5.78 Å². The number of benzene rings is 1. The molecule has 4 heteroatoms. The van der Waals surface area contributed by atoms with Gasteiger partial charge in [0.25, 0.3) is 0 Å². The van der Waals surface area contributed by atoms with Crippen LogP contribution in [0.25, 0.3) is 0 Å². The molecular formula is C17H19NO3. The van der Waals surface area contributed by atoms with E-state index in [0.717, 1.165) is 17.7 Å². The first-order chi connectivity index (χ1) is 10.2. The van der Waals surface area contributed by atoms with Crippen LogP contribution in [0.2, 0.25) is 0 Å². The van der Waals surface area contributed by atoms with E-state index in [4.69, 9.17) is 9.47 Å². The second-order valence-corrected chi connectivity index (χ2v) is 4.65. The number of hydrogen-bond acceptors (Lipinski definition) is 4. The third-order valence-electron chi connectivity index (χ3n) is 3.34. The number of methoxy groups -OCH3 is 2. The average Bonchev–Trinajstić information content (AvgIpc) is 2.54. The zero-order chi connectivity index (χ0) is 15.2. The van der Waals surface area contributed by atoms with Crippen LogP contribution in [0, 0.1) is 0 Å². The normalized spacial score (nSPS) is 10.2. The smallest absolute Gasteiger partial charge is 0.172 e. The minimum Gasteiger partial charge on any atom is -0.493 e. The molecule has 1 heterocycles. The van der Waals surface area contributed by atoms with Crippen molar-refractivity contribution in [2.75, 3.05) is 14.2 Å². The number of pyridine rings is 1. The van der Waals surface area contributed by atoms with E-state index in [-0.39, 0.29) is 12.2 Å². The topological polar surface area (TPSA) is 48.4 Å². The van der Waals surface area contributed by atoms with E-state index in [1.807, 2.05) is 18.3 Å². The first-order valence-electron chi connectivity index (χ1n) is 6.87. The second-order valence-electron chi connectivity index (χ2n) is 4.65. The van der Waals surface area contributed by atoms with Crippen molar-refractivity contribution in [1.29, 1.82) is 0 Å². The largest absolute Gasteiger partial charge is 0.493 e. The number of nitrogens with zero attached hydrogens (tertiary/aromatic N) is 1. The van der Waals surface area contributed by atoms with Crippen molar-refractivity contribution in [2.45, 2.75) is 19.8 Å². The number of aromatic nitrogens is 1. The predicted molar refractivity (Wildman–Crippen MR) is 81.2 cm³/mol. The van der Waals surface area contributed by atoms with Crippen molar-refractivity contribution < 1.29 is 14.3 Å². The lowest BCUT2D eigenvalue weighted by molar-refractivity contribution is 0.0988. The zero-order valence-corrected chi connectivity index (χ0v) is 12.6. The maximum absolute atomic E-state index is 12.4. The van der Waals surface area contributed by atoms with Gasteiger partial charge in [-0.2, -0.15) is 0 Å². The van der Waals surface area contributed by atoms with E-state index >= 15 is 0 Å². The van der Waals surface area contributed by atoms with Crippen molar-refractivity contribution in [2.24, 2.45) is 0 Å². The van der Waals surface area contributed by atoms with Gasteiger partial charge >= 0.3 is 0 Å². The SMILES string of the molecule is CCc1ccc(CC(=O)c2cccc(OC)c2OC)nc1. The highest BCUT2D eigenvalue weighted by Gasteiger charge is 2.17. The van der Waals surface area contributed by atoms with Gasteiger partial charge in [-0.05, 0) is 30.2 Å². The summed E-state index contributed by atoms with van der Waals surface area (Å²) in [4.78, 5) is 16.8. The summed E-state index contributed by atoms with van der Waals surface area (Å²) in [5.41, 5.74) is 2.42. The Labute approximate surface area is 124 Å². The monoisotopic (exact) mass is 285 g/mol. The summed E-state index contributed by atoms with van der Waals surface area (Å²) in [6.07, 6.45) is 2.99. The van der Waals surface area contributed by atoms with Crippen LogP contribution in [-0.2, 0) is 12.8 Å². The molecule has 0 aliphatic carbocycles. The highest BCUT2D eigenvalue weighted by atomic mass is 16.5. The number of rotatable bonds is 6. The maximum atomic E-state index is 12.4. The van der Waals surface area contributed by atoms with E-state index in [9.17, 15) is 4.79 Å². The van der Waals surface area contributed by atoms with Crippen LogP contribution in [0.1, 0.15) is 28.5 Å². The molecule has 2 aromatic rings. The van der Waals surface area contributed by atoms with Crippen LogP contribution in [0.4, 0.5) is 0 Å². The standard InChI is InChI=1S/C17H19NO3/c1-4-12-8-9-13(18-11-12)10-15(19)14-6-5-7-16(20-2)17(14)21-3/h5-9,11H,4,10H2,1-3H3. The van der Waals surface area contributed by atoms with Crippen molar-refractivity contribution in [3.8, 4) is 11.5 Å². The summed E-state index contributed by atoms with van der Waals surface area (Å²) in [6, 6.07) is 9.18. The van der Waals surface area contributed by atoms with Gasteiger partial charge in [0.2, 0.25) is 0 Å². The molecule has 0 aliphatic heterocycles. The van der Waals surface area contributed by atoms with Gasteiger partial charge in [0, 0.05) is 11.9 Å². The fourth-order valence-electron chi connectivity index (χ4n) is 2.14. The Kier molecular flexibility index (Phi) is 4.93. The number of aryl methyl sites for hydroxylation is 1. The number of Topliss-reactive ketones (excluding diaryl/α,β-unsaturated/α-hetero) is 1. The predicted octanol–water partition coefficient (Wildman–Crippen LogP) is 3.09. The molecule has 0 saturated heterocycles. The number of carbonyl (C=O) groups excluding carboxylic acids is 1. The first kappa shape index (κ1) is 15.0. The molecule has 1 aromatic carbocycles. The van der Waals surface area contributed by atoms with Gasteiger partial charge < -0.3 is 9.47 Å². The highest BCUT2D eigenvalue weighted by Crippen LogP contribution is 2.31. The molecule has 4 nitrogen and oxygen atoms in total. The summed E-state index contributed by atoms with van der Waals surface area (Å²) >= 11 is 0. The van der Waals surface area contributed by atoms with Crippen LogP contribution in [0.3, 0.4) is 0 Å². The first-order valence-corrected chi connectivity index (χ1v) is 6.87. The number of para-hydroxylation sites is 1. The maximum Gasteiger partial charge on any atom is 0.172 e. The molecule has 21 heavy (non-hydrogen) atoms. The Hall–Kier alpha value is -2.36. The van der Waals surface area contributed by atoms with E-state index < -0.39 is 0 Å². The van der Waals surface area contributed by atoms with Gasteiger partial charge in [0.15, 0.2) is 17.3 Å². The molecule has 0 bridgehead atoms. The molecular weight excluding hydrogens is 266 g/mol. The molecule has 0 fully saturated rings. The van der Waals surface area contributed by atoms with Gasteiger partial charge in [0.1, 0.15) is 0 Å². The molecule has 0 radical (unpaired) electrons. The Morgan fingerprint density at radius 1 is 1.14 bits per heavy atom. The lowest BCUT2D eigenvalue weighted by Crippen LogP contribution is -2.08. The van der Waals surface area contributed by atoms with Crippen molar-refractivity contribution in [3.63, 3.8) is 0 Å². The van der Waals surface area contributed by atoms with E-state index in [2.05, 4.69) is 11.9 Å². The van der Waals surface area contributed by atoms with Gasteiger partial charge in [0.05, 0.1) is 26.2 Å². The van der Waals surface area contributed by atoms with Gasteiger partial charge in [-0.25, -0.2) is 0 Å². The Balaban J connectivity index is 2.23. The molecule has 2 rings (SSSR count). The molecule has 0 aliphatic rings. The van der Waals surface area contributed by atoms with E-state index in [1.54, 1.807) is 25.3 Å². The minimum atomic E-state index is -0.0394. The van der Waals surface area contributed by atoms with E-state index in [1.165, 1.54) is 7.11 Å². The molecule has 110 valence electrons. The van der Waals surface area contributed by atoms with Crippen LogP contribution in [-0.4, -0.2) is 25.0 Å². The highest BCUT2D eigenvalue weighted by molar-refractivity contribution is 6.00. The summed E-state index contributed by atoms with van der Waals surface area (Å²) in [5.74, 6) is 0.982. The fourth-order valence-corrected chi connectivity index (χ4v) is 2.14. The van der Waals surface area contributed by atoms with Gasteiger partial charge in [-0.15, -0.1) is 0 Å². The molecule has 0 amide bonds. The summed E-state index contributed by atoms with van der Waals surface area (Å²) < 4.78 is 10.5. The van der Waals surface area contributed by atoms with Crippen LogP contribution in [0.5, 0.6) is 11.5 Å². The molecule has 0 saturated carbocycles. The average molecular weight is 285 g/mol. The number of hydrogen-bond donors (Lipinski definition) is 0. The quantitative estimate of drug-likeness (QED) is 0.765. The minimum absolute atomic E-state index is 0.0394. The second kappa shape index (κ2) is 6.88. The van der Waals surface area contributed by atoms with Crippen LogP contribution >= 0.6 is 0 Å². The molecule has 0 spiro atoms. The van der Waals surface area contributed by atoms with Crippen molar-refractivity contribution in [3.05, 3.63) is 53.3 Å². The van der Waals surface area contributed by atoms with Gasteiger partial charge in [-0.3, -0.25) is 9.78 Å². The van der Waals surface area contributed by atoms with Gasteiger partial charge in [-0.1, -0.05) is 19.1 Å².